The molecule has 0 aromatic rings. The van der Waals surface area contributed by atoms with E-state index in [2.05, 4.69) is 21.2 Å². The molecule has 3 heteroatoms. The third-order valence-electron chi connectivity index (χ3n) is 4.62. The van der Waals surface area contributed by atoms with Crippen LogP contribution in [0.5, 0.6) is 0 Å². The molecular weight excluding hydrogens is 290 g/mol. The van der Waals surface area contributed by atoms with Crippen molar-refractivity contribution in [3.05, 3.63) is 0 Å². The highest BCUT2D eigenvalue weighted by Crippen LogP contribution is 2.29. The van der Waals surface area contributed by atoms with Crippen LogP contribution in [-0.4, -0.2) is 17.3 Å². The number of hydrogen-bond donors (Lipinski definition) is 1. The lowest BCUT2D eigenvalue weighted by Gasteiger charge is -2.25. The van der Waals surface area contributed by atoms with E-state index < -0.39 is 0 Å². The fourth-order valence-electron chi connectivity index (χ4n) is 3.31. The molecule has 104 valence electrons. The van der Waals surface area contributed by atoms with E-state index in [0.717, 1.165) is 25.3 Å². The summed E-state index contributed by atoms with van der Waals surface area (Å²) in [6.45, 7) is 0.906. The Hall–Kier alpha value is -0.0500. The zero-order valence-corrected chi connectivity index (χ0v) is 12.9. The Morgan fingerprint density at radius 2 is 1.67 bits per heavy atom. The molecule has 2 fully saturated rings. The number of nitrogens with one attached hydrogen (secondary N) is 1. The Labute approximate surface area is 119 Å². The number of amides is 1. The highest BCUT2D eigenvalue weighted by atomic mass is 79.9. The van der Waals surface area contributed by atoms with Crippen LogP contribution in [0.3, 0.4) is 0 Å². The van der Waals surface area contributed by atoms with Gasteiger partial charge in [0.2, 0.25) is 5.91 Å². The minimum atomic E-state index is 0.280. The molecule has 0 spiro atoms. The largest absolute Gasteiger partial charge is 0.356 e. The maximum atomic E-state index is 11.8. The van der Waals surface area contributed by atoms with Crippen molar-refractivity contribution in [2.75, 3.05) is 6.54 Å². The van der Waals surface area contributed by atoms with Crippen LogP contribution in [0.4, 0.5) is 0 Å². The van der Waals surface area contributed by atoms with Gasteiger partial charge in [-0.15, -0.1) is 0 Å². The molecule has 0 heterocycles. The van der Waals surface area contributed by atoms with E-state index in [4.69, 9.17) is 0 Å². The average molecular weight is 316 g/mol. The van der Waals surface area contributed by atoms with Crippen LogP contribution in [0.25, 0.3) is 0 Å². The van der Waals surface area contributed by atoms with Gasteiger partial charge in [-0.2, -0.15) is 0 Å². The van der Waals surface area contributed by atoms with E-state index in [9.17, 15) is 4.79 Å². The van der Waals surface area contributed by atoms with Crippen molar-refractivity contribution in [2.24, 2.45) is 11.8 Å². The predicted octanol–water partition coefficient (Wildman–Crippen LogP) is 4.03. The number of alkyl halides is 1. The molecule has 0 bridgehead atoms. The summed E-state index contributed by atoms with van der Waals surface area (Å²) in [6, 6.07) is 0. The lowest BCUT2D eigenvalue weighted by atomic mass is 9.89. The van der Waals surface area contributed by atoms with Crippen LogP contribution in [0, 0.1) is 11.8 Å². The van der Waals surface area contributed by atoms with Gasteiger partial charge < -0.3 is 5.32 Å². The lowest BCUT2D eigenvalue weighted by molar-refractivity contribution is -0.121. The summed E-state index contributed by atoms with van der Waals surface area (Å²) >= 11 is 3.67. The number of carbonyl (C=O) groups excluding carboxylic acids is 1. The Morgan fingerprint density at radius 1 is 1.00 bits per heavy atom. The summed E-state index contributed by atoms with van der Waals surface area (Å²) in [4.78, 5) is 12.5. The van der Waals surface area contributed by atoms with Crippen molar-refractivity contribution >= 4 is 21.8 Å². The first-order valence-corrected chi connectivity index (χ1v) is 8.56. The van der Waals surface area contributed by atoms with E-state index >= 15 is 0 Å². The van der Waals surface area contributed by atoms with Crippen molar-refractivity contribution in [3.8, 4) is 0 Å². The van der Waals surface area contributed by atoms with E-state index in [-0.39, 0.29) is 5.91 Å². The normalized spacial score (nSPS) is 29.4. The summed E-state index contributed by atoms with van der Waals surface area (Å²) in [5, 5.41) is 3.14. The Morgan fingerprint density at radius 3 is 2.33 bits per heavy atom. The van der Waals surface area contributed by atoms with Crippen molar-refractivity contribution in [1.82, 2.24) is 5.32 Å². The van der Waals surface area contributed by atoms with Crippen LogP contribution in [-0.2, 0) is 4.79 Å². The second kappa shape index (κ2) is 7.52. The molecule has 2 rings (SSSR count). The van der Waals surface area contributed by atoms with Crippen molar-refractivity contribution in [1.29, 1.82) is 0 Å². The van der Waals surface area contributed by atoms with Gasteiger partial charge in [-0.1, -0.05) is 41.6 Å². The molecule has 0 radical (unpaired) electrons. The summed E-state index contributed by atoms with van der Waals surface area (Å²) in [6.07, 6.45) is 12.4. The molecule has 0 aliphatic heterocycles. The van der Waals surface area contributed by atoms with Gasteiger partial charge in [0, 0.05) is 17.8 Å². The van der Waals surface area contributed by atoms with Gasteiger partial charge in [0.1, 0.15) is 0 Å². The molecule has 2 aliphatic rings. The summed E-state index contributed by atoms with van der Waals surface area (Å²) < 4.78 is 0. The minimum absolute atomic E-state index is 0.280. The Bertz CT molecular complexity index is 255. The number of hydrogen-bond acceptors (Lipinski definition) is 1. The Balaban J connectivity index is 1.54. The maximum absolute atomic E-state index is 11.8. The summed E-state index contributed by atoms with van der Waals surface area (Å²) in [7, 11) is 0. The maximum Gasteiger partial charge on any atom is 0.220 e. The molecule has 1 N–H and O–H groups in total. The monoisotopic (exact) mass is 315 g/mol. The summed E-state index contributed by atoms with van der Waals surface area (Å²) in [5.74, 6) is 1.83. The topological polar surface area (TPSA) is 29.1 Å². The molecule has 0 aromatic carbocycles. The van der Waals surface area contributed by atoms with Crippen LogP contribution < -0.4 is 5.32 Å². The SMILES string of the molecule is O=C(CCC1CCCC1)NCC1CCC(Br)CC1. The van der Waals surface area contributed by atoms with E-state index in [0.29, 0.717) is 10.7 Å². The quantitative estimate of drug-likeness (QED) is 0.763. The third kappa shape index (κ3) is 4.91. The molecule has 0 aromatic heterocycles. The second-order valence-electron chi connectivity index (χ2n) is 6.11. The average Bonchev–Trinajstić information content (AvgIpc) is 2.89. The van der Waals surface area contributed by atoms with Gasteiger partial charge in [0.15, 0.2) is 0 Å². The number of rotatable bonds is 5. The molecule has 0 unspecified atom stereocenters. The first-order chi connectivity index (χ1) is 8.74. The smallest absolute Gasteiger partial charge is 0.220 e. The standard InChI is InChI=1S/C15H26BrNO/c16-14-8-5-13(6-9-14)11-17-15(18)10-7-12-3-1-2-4-12/h12-14H,1-11H2,(H,17,18). The fraction of sp³-hybridized carbons (Fsp3) is 0.933. The van der Waals surface area contributed by atoms with Gasteiger partial charge in [-0.05, 0) is 43.9 Å². The van der Waals surface area contributed by atoms with Crippen LogP contribution in [0.1, 0.15) is 64.2 Å². The number of carbonyl (C=O) groups is 1. The van der Waals surface area contributed by atoms with Crippen molar-refractivity contribution in [2.45, 2.75) is 69.0 Å². The molecule has 1 amide bonds. The highest BCUT2D eigenvalue weighted by molar-refractivity contribution is 9.09. The Kier molecular flexibility index (Phi) is 6.00. The van der Waals surface area contributed by atoms with Crippen LogP contribution in [0.2, 0.25) is 0 Å². The van der Waals surface area contributed by atoms with Gasteiger partial charge in [0.05, 0.1) is 0 Å². The fourth-order valence-corrected chi connectivity index (χ4v) is 3.84. The predicted molar refractivity (Wildman–Crippen MR) is 78.9 cm³/mol. The first kappa shape index (κ1) is 14.4. The molecule has 0 atom stereocenters. The first-order valence-electron chi connectivity index (χ1n) is 7.65. The van der Waals surface area contributed by atoms with Gasteiger partial charge in [-0.3, -0.25) is 4.79 Å². The zero-order valence-electron chi connectivity index (χ0n) is 11.3. The van der Waals surface area contributed by atoms with Crippen LogP contribution >= 0.6 is 15.9 Å². The van der Waals surface area contributed by atoms with Gasteiger partial charge in [-0.25, -0.2) is 0 Å². The lowest BCUT2D eigenvalue weighted by Crippen LogP contribution is -2.31. The third-order valence-corrected chi connectivity index (χ3v) is 5.53. The highest BCUT2D eigenvalue weighted by Gasteiger charge is 2.20. The van der Waals surface area contributed by atoms with E-state index in [1.807, 2.05) is 0 Å². The minimum Gasteiger partial charge on any atom is -0.356 e. The second-order valence-corrected chi connectivity index (χ2v) is 7.41. The van der Waals surface area contributed by atoms with Crippen LogP contribution in [0.15, 0.2) is 0 Å². The summed E-state index contributed by atoms with van der Waals surface area (Å²) in [5.41, 5.74) is 0. The molecule has 2 aliphatic carbocycles. The molecule has 18 heavy (non-hydrogen) atoms. The van der Waals surface area contributed by atoms with Crippen molar-refractivity contribution < 1.29 is 4.79 Å². The molecule has 2 saturated carbocycles. The van der Waals surface area contributed by atoms with Gasteiger partial charge >= 0.3 is 0 Å². The van der Waals surface area contributed by atoms with E-state index in [1.54, 1.807) is 0 Å². The zero-order chi connectivity index (χ0) is 12.8. The molecular formula is C15H26BrNO. The molecule has 0 saturated heterocycles. The van der Waals surface area contributed by atoms with Crippen molar-refractivity contribution in [3.63, 3.8) is 0 Å². The van der Waals surface area contributed by atoms with E-state index in [1.165, 1.54) is 51.4 Å². The number of halogens is 1. The molecule has 2 nitrogen and oxygen atoms in total. The van der Waals surface area contributed by atoms with Gasteiger partial charge in [0.25, 0.3) is 0 Å².